The Labute approximate surface area is 169 Å². The van der Waals surface area contributed by atoms with Gasteiger partial charge in [-0.1, -0.05) is 30.7 Å². The molecule has 28 heavy (non-hydrogen) atoms. The van der Waals surface area contributed by atoms with Crippen LogP contribution in [0.15, 0.2) is 36.4 Å². The van der Waals surface area contributed by atoms with Gasteiger partial charge in [0.05, 0.1) is 34.3 Å². The van der Waals surface area contributed by atoms with E-state index in [2.05, 4.69) is 6.07 Å². The predicted molar refractivity (Wildman–Crippen MR) is 110 cm³/mol. The van der Waals surface area contributed by atoms with Gasteiger partial charge in [0.25, 0.3) is 5.69 Å². The number of ether oxygens (including phenoxy) is 2. The van der Waals surface area contributed by atoms with E-state index in [1.807, 2.05) is 20.8 Å². The van der Waals surface area contributed by atoms with Crippen molar-refractivity contribution in [3.63, 3.8) is 0 Å². The first-order chi connectivity index (χ1) is 13.4. The van der Waals surface area contributed by atoms with Crippen molar-refractivity contribution in [1.82, 2.24) is 0 Å². The van der Waals surface area contributed by atoms with E-state index in [-0.39, 0.29) is 17.4 Å². The van der Waals surface area contributed by atoms with Crippen molar-refractivity contribution >= 4 is 28.9 Å². The van der Waals surface area contributed by atoms with Crippen LogP contribution in [0.3, 0.4) is 0 Å². The summed E-state index contributed by atoms with van der Waals surface area (Å²) in [6.07, 6.45) is 2.40. The van der Waals surface area contributed by atoms with E-state index in [0.717, 1.165) is 6.42 Å². The topological polar surface area (TPSA) is 85.4 Å². The minimum atomic E-state index is -0.496. The largest absolute Gasteiger partial charge is 0.490 e. The Balaban J connectivity index is 2.49. The molecule has 0 amide bonds. The van der Waals surface area contributed by atoms with Crippen molar-refractivity contribution in [2.45, 2.75) is 33.3 Å². The van der Waals surface area contributed by atoms with Crippen molar-refractivity contribution in [3.8, 4) is 17.6 Å². The van der Waals surface area contributed by atoms with Crippen molar-refractivity contribution in [1.29, 1.82) is 5.26 Å². The molecule has 2 aromatic rings. The van der Waals surface area contributed by atoms with E-state index < -0.39 is 4.92 Å². The van der Waals surface area contributed by atoms with Crippen LogP contribution >= 0.6 is 11.6 Å². The number of benzene rings is 2. The van der Waals surface area contributed by atoms with E-state index in [1.165, 1.54) is 12.1 Å². The number of nitrogens with zero attached hydrogens (tertiary/aromatic N) is 2. The van der Waals surface area contributed by atoms with Crippen LogP contribution in [0.2, 0.25) is 5.02 Å². The SMILES string of the molecule is CCOc1cc(/C=C(/C#N)c2cccc([N+](=O)[O-])c2)cc(Cl)c1O[C@H](C)CC. The first-order valence-electron chi connectivity index (χ1n) is 8.89. The van der Waals surface area contributed by atoms with Crippen LogP contribution in [0.25, 0.3) is 11.6 Å². The van der Waals surface area contributed by atoms with Gasteiger partial charge in [-0.25, -0.2) is 0 Å². The summed E-state index contributed by atoms with van der Waals surface area (Å²) in [5.41, 5.74) is 1.28. The summed E-state index contributed by atoms with van der Waals surface area (Å²) >= 11 is 6.40. The van der Waals surface area contributed by atoms with Gasteiger partial charge in [-0.15, -0.1) is 0 Å². The zero-order valence-corrected chi connectivity index (χ0v) is 16.7. The predicted octanol–water partition coefficient (Wildman–Crippen LogP) is 5.89. The maximum atomic E-state index is 11.0. The van der Waals surface area contributed by atoms with Crippen molar-refractivity contribution in [2.75, 3.05) is 6.61 Å². The molecule has 0 unspecified atom stereocenters. The minimum absolute atomic E-state index is 0.0300. The second kappa shape index (κ2) is 9.77. The molecule has 2 rings (SSSR count). The summed E-state index contributed by atoms with van der Waals surface area (Å²) in [5.74, 6) is 0.946. The van der Waals surface area contributed by atoms with Gasteiger partial charge in [-0.05, 0) is 49.6 Å². The Hall–Kier alpha value is -3.04. The van der Waals surface area contributed by atoms with E-state index >= 15 is 0 Å². The number of nitro benzene ring substituents is 1. The van der Waals surface area contributed by atoms with Gasteiger partial charge in [0.1, 0.15) is 0 Å². The molecule has 146 valence electrons. The average Bonchev–Trinajstić information content (AvgIpc) is 2.68. The third kappa shape index (κ3) is 5.24. The number of nitro groups is 1. The van der Waals surface area contributed by atoms with Crippen LogP contribution in [0, 0.1) is 21.4 Å². The van der Waals surface area contributed by atoms with Crippen LogP contribution in [-0.4, -0.2) is 17.6 Å². The molecule has 6 nitrogen and oxygen atoms in total. The van der Waals surface area contributed by atoms with Gasteiger partial charge in [-0.3, -0.25) is 10.1 Å². The number of hydrogen-bond acceptors (Lipinski definition) is 5. The third-order valence-electron chi connectivity index (χ3n) is 4.03. The fourth-order valence-electron chi connectivity index (χ4n) is 2.47. The maximum absolute atomic E-state index is 11.0. The van der Waals surface area contributed by atoms with E-state index in [9.17, 15) is 15.4 Å². The molecule has 0 aliphatic carbocycles. The lowest BCUT2D eigenvalue weighted by Gasteiger charge is -2.18. The van der Waals surface area contributed by atoms with E-state index in [0.29, 0.717) is 34.3 Å². The Bertz CT molecular complexity index is 934. The van der Waals surface area contributed by atoms with E-state index in [4.69, 9.17) is 21.1 Å². The molecule has 0 bridgehead atoms. The zero-order valence-electron chi connectivity index (χ0n) is 15.9. The highest BCUT2D eigenvalue weighted by Crippen LogP contribution is 2.38. The molecule has 0 aliphatic rings. The normalized spacial score (nSPS) is 12.2. The molecule has 0 aromatic heterocycles. The molecule has 0 saturated carbocycles. The van der Waals surface area contributed by atoms with Crippen LogP contribution < -0.4 is 9.47 Å². The summed E-state index contributed by atoms with van der Waals surface area (Å²) in [6.45, 7) is 6.23. The zero-order chi connectivity index (χ0) is 20.7. The second-order valence-corrected chi connectivity index (χ2v) is 6.48. The summed E-state index contributed by atoms with van der Waals surface area (Å²) in [7, 11) is 0. The molecule has 0 saturated heterocycles. The number of nitriles is 1. The molecule has 0 radical (unpaired) electrons. The van der Waals surface area contributed by atoms with Gasteiger partial charge >= 0.3 is 0 Å². The van der Waals surface area contributed by atoms with Crippen molar-refractivity contribution in [3.05, 3.63) is 62.7 Å². The molecular formula is C21H21ClN2O4. The Morgan fingerprint density at radius 2 is 2.11 bits per heavy atom. The molecule has 1 atom stereocenters. The fraction of sp³-hybridized carbons (Fsp3) is 0.286. The molecule has 0 fully saturated rings. The Kier molecular flexibility index (Phi) is 7.42. The fourth-order valence-corrected chi connectivity index (χ4v) is 2.73. The first-order valence-corrected chi connectivity index (χ1v) is 9.27. The summed E-state index contributed by atoms with van der Waals surface area (Å²) in [5, 5.41) is 20.9. The molecule has 0 heterocycles. The molecule has 7 heteroatoms. The van der Waals surface area contributed by atoms with Gasteiger partial charge in [0.2, 0.25) is 0 Å². The van der Waals surface area contributed by atoms with Crippen LogP contribution in [-0.2, 0) is 0 Å². The number of non-ortho nitro benzene ring substituents is 1. The van der Waals surface area contributed by atoms with Gasteiger partial charge in [-0.2, -0.15) is 5.26 Å². The highest BCUT2D eigenvalue weighted by atomic mass is 35.5. The van der Waals surface area contributed by atoms with Gasteiger partial charge in [0, 0.05) is 12.1 Å². The van der Waals surface area contributed by atoms with Crippen LogP contribution in [0.4, 0.5) is 5.69 Å². The number of rotatable bonds is 8. The lowest BCUT2D eigenvalue weighted by Crippen LogP contribution is -2.11. The minimum Gasteiger partial charge on any atom is -0.490 e. The molecule has 0 aliphatic heterocycles. The lowest BCUT2D eigenvalue weighted by molar-refractivity contribution is -0.384. The number of halogens is 1. The Morgan fingerprint density at radius 1 is 1.36 bits per heavy atom. The maximum Gasteiger partial charge on any atom is 0.270 e. The summed E-state index contributed by atoms with van der Waals surface area (Å²) < 4.78 is 11.5. The summed E-state index contributed by atoms with van der Waals surface area (Å²) in [6, 6.07) is 11.4. The van der Waals surface area contributed by atoms with Crippen LogP contribution in [0.5, 0.6) is 11.5 Å². The van der Waals surface area contributed by atoms with Crippen molar-refractivity contribution < 1.29 is 14.4 Å². The molecular weight excluding hydrogens is 380 g/mol. The smallest absolute Gasteiger partial charge is 0.270 e. The monoisotopic (exact) mass is 400 g/mol. The highest BCUT2D eigenvalue weighted by molar-refractivity contribution is 6.32. The quantitative estimate of drug-likeness (QED) is 0.239. The van der Waals surface area contributed by atoms with Gasteiger partial charge < -0.3 is 9.47 Å². The lowest BCUT2D eigenvalue weighted by atomic mass is 10.0. The molecule has 2 aromatic carbocycles. The number of allylic oxidation sites excluding steroid dienone is 1. The van der Waals surface area contributed by atoms with Crippen molar-refractivity contribution in [2.24, 2.45) is 0 Å². The standard InChI is InChI=1S/C21H21ClN2O4/c1-4-14(3)28-21-19(22)10-15(11-20(21)27-5-2)9-17(13-23)16-7-6-8-18(12-16)24(25)26/h6-12,14H,4-5H2,1-3H3/b17-9-/t14-/m1/s1. The second-order valence-electron chi connectivity index (χ2n) is 6.08. The molecule has 0 spiro atoms. The van der Waals surface area contributed by atoms with Crippen LogP contribution in [0.1, 0.15) is 38.3 Å². The third-order valence-corrected chi connectivity index (χ3v) is 4.31. The Morgan fingerprint density at radius 3 is 2.71 bits per heavy atom. The number of hydrogen-bond donors (Lipinski definition) is 0. The molecule has 0 N–H and O–H groups in total. The van der Waals surface area contributed by atoms with Gasteiger partial charge in [0.15, 0.2) is 11.5 Å². The van der Waals surface area contributed by atoms with E-state index in [1.54, 1.807) is 30.3 Å². The average molecular weight is 401 g/mol. The summed E-state index contributed by atoms with van der Waals surface area (Å²) in [4.78, 5) is 10.5. The first kappa shape index (κ1) is 21.3. The highest BCUT2D eigenvalue weighted by Gasteiger charge is 2.15.